The fraction of sp³-hybridized carbons (Fsp3) is 0.900. The van der Waals surface area contributed by atoms with Crippen LogP contribution in [0.5, 0.6) is 0 Å². The fourth-order valence-corrected chi connectivity index (χ4v) is 1.84. The zero-order chi connectivity index (χ0) is 10.8. The van der Waals surface area contributed by atoms with Crippen molar-refractivity contribution < 1.29 is 9.53 Å². The van der Waals surface area contributed by atoms with Gasteiger partial charge in [-0.25, -0.2) is 4.79 Å². The summed E-state index contributed by atoms with van der Waals surface area (Å²) in [5, 5.41) is 5.47. The van der Waals surface area contributed by atoms with Crippen molar-refractivity contribution in [1.29, 1.82) is 0 Å². The molecular weight excluding hydrogens is 180 g/mol. The van der Waals surface area contributed by atoms with E-state index in [1.807, 2.05) is 6.92 Å². The van der Waals surface area contributed by atoms with Crippen LogP contribution in [0.1, 0.15) is 27.2 Å². The van der Waals surface area contributed by atoms with E-state index in [9.17, 15) is 4.79 Å². The quantitative estimate of drug-likeness (QED) is 0.717. The van der Waals surface area contributed by atoms with Crippen molar-refractivity contribution in [1.82, 2.24) is 10.6 Å². The number of ether oxygens (including phenoxy) is 1. The van der Waals surface area contributed by atoms with Crippen molar-refractivity contribution >= 4 is 6.03 Å². The van der Waals surface area contributed by atoms with Crippen LogP contribution in [0.15, 0.2) is 0 Å². The van der Waals surface area contributed by atoms with Crippen LogP contribution in [0.2, 0.25) is 0 Å². The molecule has 14 heavy (non-hydrogen) atoms. The minimum absolute atomic E-state index is 0.0442. The van der Waals surface area contributed by atoms with E-state index in [0.29, 0.717) is 0 Å². The monoisotopic (exact) mass is 200 g/mol. The molecule has 0 saturated heterocycles. The van der Waals surface area contributed by atoms with Crippen LogP contribution in [0.4, 0.5) is 4.79 Å². The van der Waals surface area contributed by atoms with E-state index in [2.05, 4.69) is 24.5 Å². The average Bonchev–Trinajstić information content (AvgIpc) is 2.16. The Labute approximate surface area is 85.4 Å². The van der Waals surface area contributed by atoms with Gasteiger partial charge in [0.25, 0.3) is 0 Å². The third-order valence-electron chi connectivity index (χ3n) is 3.08. The molecule has 2 atom stereocenters. The predicted molar refractivity (Wildman–Crippen MR) is 55.2 cm³/mol. The summed E-state index contributed by atoms with van der Waals surface area (Å²) in [6.45, 7) is 6.98. The van der Waals surface area contributed by atoms with E-state index in [1.54, 1.807) is 7.05 Å². The number of carbonyl (C=O) groups is 1. The Bertz CT molecular complexity index is 216. The number of urea groups is 1. The summed E-state index contributed by atoms with van der Waals surface area (Å²) >= 11 is 0. The number of amides is 2. The first-order chi connectivity index (χ1) is 6.52. The van der Waals surface area contributed by atoms with Crippen molar-refractivity contribution in [3.8, 4) is 0 Å². The van der Waals surface area contributed by atoms with Gasteiger partial charge >= 0.3 is 6.03 Å². The predicted octanol–water partition coefficient (Wildman–Crippen LogP) is 1.12. The van der Waals surface area contributed by atoms with Crippen LogP contribution >= 0.6 is 0 Å². The van der Waals surface area contributed by atoms with Gasteiger partial charge in [0.15, 0.2) is 0 Å². The zero-order valence-corrected chi connectivity index (χ0v) is 9.39. The molecular formula is C10H20N2O2. The van der Waals surface area contributed by atoms with Crippen molar-refractivity contribution in [2.75, 3.05) is 13.7 Å². The summed E-state index contributed by atoms with van der Waals surface area (Å²) in [5.41, 5.74) is 0.0442. The first kappa shape index (κ1) is 11.3. The highest BCUT2D eigenvalue weighted by Gasteiger charge is 2.49. The lowest BCUT2D eigenvalue weighted by Gasteiger charge is -2.51. The highest BCUT2D eigenvalue weighted by Crippen LogP contribution is 2.42. The first-order valence-electron chi connectivity index (χ1n) is 5.12. The smallest absolute Gasteiger partial charge is 0.314 e. The van der Waals surface area contributed by atoms with E-state index in [-0.39, 0.29) is 23.6 Å². The van der Waals surface area contributed by atoms with E-state index in [0.717, 1.165) is 13.0 Å². The standard InChI is InChI=1S/C10H20N2O2/c1-5-14-8-6-7(10(8,2)3)12-9(13)11-4/h7-8H,5-6H2,1-4H3,(H2,11,12,13). The molecule has 0 aliphatic heterocycles. The van der Waals surface area contributed by atoms with Crippen LogP contribution < -0.4 is 10.6 Å². The Hall–Kier alpha value is -0.770. The van der Waals surface area contributed by atoms with Gasteiger partial charge in [-0.1, -0.05) is 13.8 Å². The second-order valence-electron chi connectivity index (χ2n) is 4.28. The van der Waals surface area contributed by atoms with E-state index in [1.165, 1.54) is 0 Å². The molecule has 1 fully saturated rings. The SMILES string of the molecule is CCOC1CC(NC(=O)NC)C1(C)C. The maximum absolute atomic E-state index is 11.1. The molecule has 1 aliphatic rings. The van der Waals surface area contributed by atoms with Crippen LogP contribution in [0, 0.1) is 5.41 Å². The maximum atomic E-state index is 11.1. The highest BCUT2D eigenvalue weighted by molar-refractivity contribution is 5.74. The molecule has 1 aliphatic carbocycles. The summed E-state index contributed by atoms with van der Waals surface area (Å²) in [4.78, 5) is 11.1. The van der Waals surface area contributed by atoms with E-state index in [4.69, 9.17) is 4.74 Å². The van der Waals surface area contributed by atoms with Gasteiger partial charge in [-0.15, -0.1) is 0 Å². The van der Waals surface area contributed by atoms with Crippen molar-refractivity contribution in [3.05, 3.63) is 0 Å². The molecule has 0 aromatic carbocycles. The molecule has 4 heteroatoms. The van der Waals surface area contributed by atoms with Crippen LogP contribution in [-0.4, -0.2) is 31.8 Å². The molecule has 2 N–H and O–H groups in total. The van der Waals surface area contributed by atoms with Gasteiger partial charge in [0, 0.05) is 25.1 Å². The van der Waals surface area contributed by atoms with Crippen molar-refractivity contribution in [2.24, 2.45) is 5.41 Å². The number of carbonyl (C=O) groups excluding carboxylic acids is 1. The van der Waals surface area contributed by atoms with Crippen molar-refractivity contribution in [3.63, 3.8) is 0 Å². The molecule has 2 amide bonds. The Morgan fingerprint density at radius 2 is 2.21 bits per heavy atom. The molecule has 1 rings (SSSR count). The van der Waals surface area contributed by atoms with Crippen LogP contribution in [-0.2, 0) is 4.74 Å². The first-order valence-corrected chi connectivity index (χ1v) is 5.12. The van der Waals surface area contributed by atoms with Gasteiger partial charge in [0.2, 0.25) is 0 Å². The third-order valence-corrected chi connectivity index (χ3v) is 3.08. The Kier molecular flexibility index (Phi) is 3.37. The lowest BCUT2D eigenvalue weighted by atomic mass is 9.64. The van der Waals surface area contributed by atoms with Crippen LogP contribution in [0.3, 0.4) is 0 Å². The Morgan fingerprint density at radius 3 is 2.64 bits per heavy atom. The number of nitrogens with one attached hydrogen (secondary N) is 2. The number of hydrogen-bond acceptors (Lipinski definition) is 2. The summed E-state index contributed by atoms with van der Waals surface area (Å²) in [5.74, 6) is 0. The second-order valence-corrected chi connectivity index (χ2v) is 4.28. The minimum atomic E-state index is -0.113. The Balaban J connectivity index is 2.42. The minimum Gasteiger partial charge on any atom is -0.378 e. The summed E-state index contributed by atoms with van der Waals surface area (Å²) in [6, 6.07) is 0.108. The summed E-state index contributed by atoms with van der Waals surface area (Å²) in [7, 11) is 1.63. The van der Waals surface area contributed by atoms with Crippen LogP contribution in [0.25, 0.3) is 0 Å². The number of rotatable bonds is 3. The second kappa shape index (κ2) is 4.17. The van der Waals surface area contributed by atoms with E-state index >= 15 is 0 Å². The highest BCUT2D eigenvalue weighted by atomic mass is 16.5. The van der Waals surface area contributed by atoms with Gasteiger partial charge < -0.3 is 15.4 Å². The average molecular weight is 200 g/mol. The lowest BCUT2D eigenvalue weighted by molar-refractivity contribution is -0.110. The maximum Gasteiger partial charge on any atom is 0.314 e. The molecule has 82 valence electrons. The number of hydrogen-bond donors (Lipinski definition) is 2. The Morgan fingerprint density at radius 1 is 1.57 bits per heavy atom. The van der Waals surface area contributed by atoms with Gasteiger partial charge in [-0.3, -0.25) is 0 Å². The molecule has 0 radical (unpaired) electrons. The molecule has 0 aromatic rings. The zero-order valence-electron chi connectivity index (χ0n) is 9.39. The summed E-state index contributed by atoms with van der Waals surface area (Å²) in [6.07, 6.45) is 1.18. The molecule has 0 spiro atoms. The molecule has 0 bridgehead atoms. The van der Waals surface area contributed by atoms with Crippen molar-refractivity contribution in [2.45, 2.75) is 39.3 Å². The third kappa shape index (κ3) is 2.00. The molecule has 2 unspecified atom stereocenters. The topological polar surface area (TPSA) is 50.4 Å². The van der Waals surface area contributed by atoms with Gasteiger partial charge in [0.1, 0.15) is 0 Å². The van der Waals surface area contributed by atoms with Gasteiger partial charge in [0.05, 0.1) is 6.10 Å². The lowest BCUT2D eigenvalue weighted by Crippen LogP contribution is -2.63. The van der Waals surface area contributed by atoms with Gasteiger partial charge in [-0.05, 0) is 13.3 Å². The summed E-state index contributed by atoms with van der Waals surface area (Å²) < 4.78 is 5.57. The normalized spacial score (nSPS) is 29.1. The largest absolute Gasteiger partial charge is 0.378 e. The van der Waals surface area contributed by atoms with E-state index < -0.39 is 0 Å². The molecule has 4 nitrogen and oxygen atoms in total. The fourth-order valence-electron chi connectivity index (χ4n) is 1.84. The van der Waals surface area contributed by atoms with Gasteiger partial charge in [-0.2, -0.15) is 0 Å². The molecule has 0 aromatic heterocycles. The molecule has 1 saturated carbocycles. The molecule has 0 heterocycles.